The van der Waals surface area contributed by atoms with E-state index < -0.39 is 0 Å². The van der Waals surface area contributed by atoms with Crippen LogP contribution in [0.1, 0.15) is 31.0 Å². The fraction of sp³-hybridized carbons (Fsp3) is 0.381. The number of nitrogens with one attached hydrogen (secondary N) is 1. The summed E-state index contributed by atoms with van der Waals surface area (Å²) in [5.41, 5.74) is 2.13. The third-order valence-corrected chi connectivity index (χ3v) is 4.71. The van der Waals surface area contributed by atoms with E-state index in [0.29, 0.717) is 12.3 Å². The number of benzene rings is 2. The van der Waals surface area contributed by atoms with Gasteiger partial charge >= 0.3 is 0 Å². The second kappa shape index (κ2) is 10.2. The quantitative estimate of drug-likeness (QED) is 0.714. The van der Waals surface area contributed by atoms with Crippen molar-refractivity contribution < 1.29 is 9.53 Å². The molecule has 140 valence electrons. The highest BCUT2D eigenvalue weighted by Gasteiger charge is 2.21. The van der Waals surface area contributed by atoms with E-state index in [1.54, 1.807) is 0 Å². The van der Waals surface area contributed by atoms with Gasteiger partial charge in [-0.05, 0) is 49.3 Å². The first-order valence-corrected chi connectivity index (χ1v) is 9.37. The molecule has 0 aliphatic carbocycles. The Morgan fingerprint density at radius 3 is 2.54 bits per heavy atom. The van der Waals surface area contributed by atoms with Gasteiger partial charge in [0.05, 0.1) is 6.04 Å². The maximum atomic E-state index is 12.2. The van der Waals surface area contributed by atoms with Crippen LogP contribution in [0.25, 0.3) is 0 Å². The second-order valence-corrected chi connectivity index (χ2v) is 6.57. The van der Waals surface area contributed by atoms with E-state index >= 15 is 0 Å². The van der Waals surface area contributed by atoms with Crippen molar-refractivity contribution in [2.24, 2.45) is 0 Å². The molecular formula is C21H27ClN2O2. The number of nitrogens with zero attached hydrogens (tertiary/aromatic N) is 1. The van der Waals surface area contributed by atoms with E-state index in [2.05, 4.69) is 24.1 Å². The monoisotopic (exact) mass is 374 g/mol. The summed E-state index contributed by atoms with van der Waals surface area (Å²) in [7, 11) is 0. The SMILES string of the molecule is CCN(CC)C(CNC(=O)COc1cccc(C)c1)c1ccccc1Cl. The van der Waals surface area contributed by atoms with Crippen LogP contribution in [0.2, 0.25) is 5.02 Å². The molecular weight excluding hydrogens is 348 g/mol. The minimum absolute atomic E-state index is 0.00303. The second-order valence-electron chi connectivity index (χ2n) is 6.17. The van der Waals surface area contributed by atoms with Gasteiger partial charge in [0.15, 0.2) is 6.61 Å². The number of rotatable bonds is 9. The third kappa shape index (κ3) is 5.75. The van der Waals surface area contributed by atoms with Crippen LogP contribution in [0.15, 0.2) is 48.5 Å². The standard InChI is InChI=1S/C21H27ClN2O2/c1-4-24(5-2)20(18-11-6-7-12-19(18)22)14-23-21(25)15-26-17-10-8-9-16(3)13-17/h6-13,20H,4-5,14-15H2,1-3H3,(H,23,25). The Morgan fingerprint density at radius 1 is 1.15 bits per heavy atom. The highest BCUT2D eigenvalue weighted by Crippen LogP contribution is 2.26. The first-order chi connectivity index (χ1) is 12.5. The number of hydrogen-bond acceptors (Lipinski definition) is 3. The topological polar surface area (TPSA) is 41.6 Å². The van der Waals surface area contributed by atoms with Gasteiger partial charge in [-0.3, -0.25) is 9.69 Å². The van der Waals surface area contributed by atoms with Gasteiger partial charge in [0.25, 0.3) is 5.91 Å². The summed E-state index contributed by atoms with van der Waals surface area (Å²) in [6.45, 7) is 8.44. The molecule has 1 amide bonds. The molecule has 5 heteroatoms. The maximum absolute atomic E-state index is 12.2. The molecule has 1 atom stereocenters. The average Bonchev–Trinajstić information content (AvgIpc) is 2.64. The Balaban J connectivity index is 1.98. The zero-order valence-electron chi connectivity index (χ0n) is 15.7. The molecule has 0 spiro atoms. The summed E-state index contributed by atoms with van der Waals surface area (Å²) < 4.78 is 5.57. The van der Waals surface area contributed by atoms with Gasteiger partial charge in [0.2, 0.25) is 0 Å². The number of halogens is 1. The lowest BCUT2D eigenvalue weighted by Gasteiger charge is -2.30. The van der Waals surface area contributed by atoms with E-state index in [0.717, 1.165) is 29.2 Å². The molecule has 0 saturated heterocycles. The van der Waals surface area contributed by atoms with Gasteiger partial charge < -0.3 is 10.1 Å². The van der Waals surface area contributed by atoms with Crippen molar-refractivity contribution in [2.75, 3.05) is 26.2 Å². The third-order valence-electron chi connectivity index (χ3n) is 4.37. The minimum Gasteiger partial charge on any atom is -0.484 e. The molecule has 2 aromatic carbocycles. The van der Waals surface area contributed by atoms with Crippen molar-refractivity contribution in [3.05, 3.63) is 64.7 Å². The number of carbonyl (C=O) groups excluding carboxylic acids is 1. The van der Waals surface area contributed by atoms with Crippen molar-refractivity contribution in [2.45, 2.75) is 26.8 Å². The van der Waals surface area contributed by atoms with Crippen LogP contribution in [0.4, 0.5) is 0 Å². The highest BCUT2D eigenvalue weighted by atomic mass is 35.5. The van der Waals surface area contributed by atoms with Crippen LogP contribution in [0, 0.1) is 6.92 Å². The number of amides is 1. The van der Waals surface area contributed by atoms with Crippen molar-refractivity contribution >= 4 is 17.5 Å². The molecule has 26 heavy (non-hydrogen) atoms. The Morgan fingerprint density at radius 2 is 1.88 bits per heavy atom. The minimum atomic E-state index is -0.143. The Hall–Kier alpha value is -2.04. The van der Waals surface area contributed by atoms with E-state index in [9.17, 15) is 4.79 Å². The number of carbonyl (C=O) groups is 1. The van der Waals surface area contributed by atoms with Gasteiger partial charge in [0.1, 0.15) is 5.75 Å². The molecule has 2 rings (SSSR count). The maximum Gasteiger partial charge on any atom is 0.258 e. The number of ether oxygens (including phenoxy) is 1. The largest absolute Gasteiger partial charge is 0.484 e. The Bertz CT molecular complexity index is 717. The molecule has 0 aliphatic rings. The molecule has 0 aliphatic heterocycles. The summed E-state index contributed by atoms with van der Waals surface area (Å²) in [6.07, 6.45) is 0. The van der Waals surface area contributed by atoms with Gasteiger partial charge in [-0.2, -0.15) is 0 Å². The van der Waals surface area contributed by atoms with Crippen molar-refractivity contribution in [1.82, 2.24) is 10.2 Å². The van der Waals surface area contributed by atoms with Crippen molar-refractivity contribution in [3.63, 3.8) is 0 Å². The van der Waals surface area contributed by atoms with Gasteiger partial charge in [-0.25, -0.2) is 0 Å². The average molecular weight is 375 g/mol. The van der Waals surface area contributed by atoms with Gasteiger partial charge in [0, 0.05) is 11.6 Å². The lowest BCUT2D eigenvalue weighted by atomic mass is 10.0. The van der Waals surface area contributed by atoms with Crippen LogP contribution < -0.4 is 10.1 Å². The zero-order valence-corrected chi connectivity index (χ0v) is 16.4. The smallest absolute Gasteiger partial charge is 0.258 e. The summed E-state index contributed by atoms with van der Waals surface area (Å²) in [6, 6.07) is 15.5. The van der Waals surface area contributed by atoms with Crippen molar-refractivity contribution in [3.8, 4) is 5.75 Å². The lowest BCUT2D eigenvalue weighted by molar-refractivity contribution is -0.123. The van der Waals surface area contributed by atoms with Crippen LogP contribution in [0.5, 0.6) is 5.75 Å². The molecule has 0 aromatic heterocycles. The Kier molecular flexibility index (Phi) is 7.95. The molecule has 1 N–H and O–H groups in total. The lowest BCUT2D eigenvalue weighted by Crippen LogP contribution is -2.39. The summed E-state index contributed by atoms with van der Waals surface area (Å²) in [4.78, 5) is 14.5. The predicted octanol–water partition coefficient (Wildman–Crippen LogP) is 4.23. The fourth-order valence-electron chi connectivity index (χ4n) is 2.96. The van der Waals surface area contributed by atoms with E-state index in [-0.39, 0.29) is 18.6 Å². The molecule has 0 radical (unpaired) electrons. The molecule has 0 bridgehead atoms. The fourth-order valence-corrected chi connectivity index (χ4v) is 3.22. The Labute approximate surface area is 161 Å². The first kappa shape index (κ1) is 20.3. The summed E-state index contributed by atoms with van der Waals surface area (Å²) in [5.74, 6) is 0.558. The van der Waals surface area contributed by atoms with Crippen LogP contribution in [-0.4, -0.2) is 37.0 Å². The first-order valence-electron chi connectivity index (χ1n) is 8.99. The van der Waals surface area contributed by atoms with Gasteiger partial charge in [-0.15, -0.1) is 0 Å². The number of hydrogen-bond donors (Lipinski definition) is 1. The summed E-state index contributed by atoms with van der Waals surface area (Å²) >= 11 is 6.38. The van der Waals surface area contributed by atoms with E-state index in [1.807, 2.05) is 55.5 Å². The number of aryl methyl sites for hydroxylation is 1. The molecule has 0 heterocycles. The van der Waals surface area contributed by atoms with Crippen LogP contribution in [0.3, 0.4) is 0 Å². The van der Waals surface area contributed by atoms with Gasteiger partial charge in [-0.1, -0.05) is 55.8 Å². The highest BCUT2D eigenvalue weighted by molar-refractivity contribution is 6.31. The molecule has 1 unspecified atom stereocenters. The molecule has 0 fully saturated rings. The number of likely N-dealkylation sites (N-methyl/N-ethyl adjacent to an activating group) is 1. The predicted molar refractivity (Wildman–Crippen MR) is 107 cm³/mol. The van der Waals surface area contributed by atoms with Crippen molar-refractivity contribution in [1.29, 1.82) is 0 Å². The summed E-state index contributed by atoms with van der Waals surface area (Å²) in [5, 5.41) is 3.70. The molecule has 4 nitrogen and oxygen atoms in total. The normalized spacial score (nSPS) is 12.0. The van der Waals surface area contributed by atoms with Crippen LogP contribution >= 0.6 is 11.6 Å². The molecule has 0 saturated carbocycles. The van der Waals surface area contributed by atoms with Crippen LogP contribution in [-0.2, 0) is 4.79 Å². The zero-order chi connectivity index (χ0) is 18.9. The molecule has 2 aromatic rings. The van der Waals surface area contributed by atoms with E-state index in [4.69, 9.17) is 16.3 Å². The van der Waals surface area contributed by atoms with E-state index in [1.165, 1.54) is 0 Å².